The number of hydrogen-bond donors (Lipinski definition) is 2. The van der Waals surface area contributed by atoms with E-state index in [9.17, 15) is 4.79 Å². The molecule has 0 aromatic heterocycles. The monoisotopic (exact) mass is 312 g/mol. The number of hydrogen-bond acceptors (Lipinski definition) is 3. The second kappa shape index (κ2) is 9.39. The standard InChI is InChI=1S/C18H36N2O2/c1-6-7-14(2)12-16(15-8-10-19-11-9-15)13-20-17(21)22-18(3,4)5/h14-16,19H,6-13H2,1-5H3,(H,20,21). The van der Waals surface area contributed by atoms with E-state index in [2.05, 4.69) is 24.5 Å². The van der Waals surface area contributed by atoms with Gasteiger partial charge >= 0.3 is 6.09 Å². The summed E-state index contributed by atoms with van der Waals surface area (Å²) in [6.45, 7) is 13.2. The van der Waals surface area contributed by atoms with Crippen LogP contribution in [0.15, 0.2) is 0 Å². The molecule has 0 radical (unpaired) electrons. The molecule has 0 aromatic carbocycles. The zero-order valence-electron chi connectivity index (χ0n) is 15.2. The number of piperidine rings is 1. The molecule has 1 amide bonds. The fraction of sp³-hybridized carbons (Fsp3) is 0.944. The predicted molar refractivity (Wildman–Crippen MR) is 92.0 cm³/mol. The summed E-state index contributed by atoms with van der Waals surface area (Å²) in [5, 5.41) is 6.43. The van der Waals surface area contributed by atoms with Gasteiger partial charge in [0, 0.05) is 6.54 Å². The van der Waals surface area contributed by atoms with Crippen LogP contribution < -0.4 is 10.6 Å². The molecule has 2 unspecified atom stereocenters. The molecular weight excluding hydrogens is 276 g/mol. The lowest BCUT2D eigenvalue weighted by Crippen LogP contribution is -2.40. The van der Waals surface area contributed by atoms with Gasteiger partial charge in [-0.05, 0) is 70.9 Å². The topological polar surface area (TPSA) is 50.4 Å². The molecule has 1 rings (SSSR count). The molecule has 0 bridgehead atoms. The van der Waals surface area contributed by atoms with Crippen LogP contribution in [0.4, 0.5) is 4.79 Å². The lowest BCUT2D eigenvalue weighted by atomic mass is 9.79. The average Bonchev–Trinajstić information content (AvgIpc) is 2.43. The quantitative estimate of drug-likeness (QED) is 0.748. The average molecular weight is 312 g/mol. The molecule has 2 N–H and O–H groups in total. The van der Waals surface area contributed by atoms with Gasteiger partial charge in [0.05, 0.1) is 0 Å². The molecule has 4 heteroatoms. The summed E-state index contributed by atoms with van der Waals surface area (Å²) in [5.41, 5.74) is -0.427. The van der Waals surface area contributed by atoms with Crippen LogP contribution in [0, 0.1) is 17.8 Å². The first-order chi connectivity index (χ1) is 10.3. The Hall–Kier alpha value is -0.770. The van der Waals surface area contributed by atoms with Crippen molar-refractivity contribution in [3.8, 4) is 0 Å². The van der Waals surface area contributed by atoms with Gasteiger partial charge in [0.15, 0.2) is 0 Å². The zero-order chi connectivity index (χ0) is 16.6. The summed E-state index contributed by atoms with van der Waals surface area (Å²) in [4.78, 5) is 11.9. The van der Waals surface area contributed by atoms with Crippen molar-refractivity contribution >= 4 is 6.09 Å². The van der Waals surface area contributed by atoms with Crippen molar-refractivity contribution in [1.29, 1.82) is 0 Å². The molecule has 0 aliphatic carbocycles. The Balaban J connectivity index is 2.51. The van der Waals surface area contributed by atoms with Gasteiger partial charge < -0.3 is 15.4 Å². The first kappa shape index (κ1) is 19.3. The fourth-order valence-electron chi connectivity index (χ4n) is 3.41. The third kappa shape index (κ3) is 8.02. The van der Waals surface area contributed by atoms with Crippen LogP contribution >= 0.6 is 0 Å². The summed E-state index contributed by atoms with van der Waals surface area (Å²) < 4.78 is 5.37. The maximum absolute atomic E-state index is 11.9. The van der Waals surface area contributed by atoms with E-state index in [0.29, 0.717) is 5.92 Å². The van der Waals surface area contributed by atoms with E-state index in [1.54, 1.807) is 0 Å². The van der Waals surface area contributed by atoms with Crippen LogP contribution in [0.1, 0.15) is 66.7 Å². The predicted octanol–water partition coefficient (Wildman–Crippen LogP) is 3.95. The molecule has 130 valence electrons. The van der Waals surface area contributed by atoms with Gasteiger partial charge in [-0.25, -0.2) is 4.79 Å². The lowest BCUT2D eigenvalue weighted by molar-refractivity contribution is 0.0505. The van der Waals surface area contributed by atoms with E-state index in [-0.39, 0.29) is 6.09 Å². The second-order valence-electron chi connectivity index (χ2n) is 7.86. The maximum atomic E-state index is 11.9. The van der Waals surface area contributed by atoms with Crippen molar-refractivity contribution in [2.45, 2.75) is 72.3 Å². The molecule has 0 aromatic rings. The van der Waals surface area contributed by atoms with Crippen molar-refractivity contribution in [2.24, 2.45) is 17.8 Å². The fourth-order valence-corrected chi connectivity index (χ4v) is 3.41. The first-order valence-electron chi connectivity index (χ1n) is 8.99. The Bertz CT molecular complexity index is 320. The van der Waals surface area contributed by atoms with Gasteiger partial charge in [0.2, 0.25) is 0 Å². The number of rotatable bonds is 7. The van der Waals surface area contributed by atoms with Crippen LogP contribution in [0.25, 0.3) is 0 Å². The van der Waals surface area contributed by atoms with Crippen molar-refractivity contribution < 1.29 is 9.53 Å². The van der Waals surface area contributed by atoms with E-state index in [1.165, 1.54) is 32.1 Å². The smallest absolute Gasteiger partial charge is 0.407 e. The van der Waals surface area contributed by atoms with Gasteiger partial charge in [-0.15, -0.1) is 0 Å². The Kier molecular flexibility index (Phi) is 8.23. The molecule has 0 spiro atoms. The highest BCUT2D eigenvalue weighted by Crippen LogP contribution is 2.28. The van der Waals surface area contributed by atoms with Crippen molar-refractivity contribution in [2.75, 3.05) is 19.6 Å². The molecule has 22 heavy (non-hydrogen) atoms. The maximum Gasteiger partial charge on any atom is 0.407 e. The van der Waals surface area contributed by atoms with Gasteiger partial charge in [0.25, 0.3) is 0 Å². The highest BCUT2D eigenvalue weighted by atomic mass is 16.6. The van der Waals surface area contributed by atoms with Crippen LogP contribution in [0.2, 0.25) is 0 Å². The Morgan fingerprint density at radius 3 is 2.50 bits per heavy atom. The third-order valence-electron chi connectivity index (χ3n) is 4.44. The van der Waals surface area contributed by atoms with E-state index in [1.807, 2.05) is 20.8 Å². The molecule has 1 heterocycles. The van der Waals surface area contributed by atoms with Crippen LogP contribution in [-0.2, 0) is 4.74 Å². The number of carbonyl (C=O) groups excluding carboxylic acids is 1. The normalized spacial score (nSPS) is 19.5. The Morgan fingerprint density at radius 1 is 1.32 bits per heavy atom. The Morgan fingerprint density at radius 2 is 1.95 bits per heavy atom. The van der Waals surface area contributed by atoms with Crippen LogP contribution in [0.3, 0.4) is 0 Å². The minimum atomic E-state index is -0.427. The largest absolute Gasteiger partial charge is 0.444 e. The van der Waals surface area contributed by atoms with Gasteiger partial charge in [-0.2, -0.15) is 0 Å². The summed E-state index contributed by atoms with van der Waals surface area (Å²) >= 11 is 0. The second-order valence-corrected chi connectivity index (χ2v) is 7.86. The lowest BCUT2D eigenvalue weighted by Gasteiger charge is -2.33. The third-order valence-corrected chi connectivity index (χ3v) is 4.44. The molecule has 2 atom stereocenters. The molecule has 1 aliphatic heterocycles. The van der Waals surface area contributed by atoms with Crippen molar-refractivity contribution in [3.63, 3.8) is 0 Å². The Labute approximate surface area is 136 Å². The number of nitrogens with one attached hydrogen (secondary N) is 2. The number of alkyl carbamates (subject to hydrolysis) is 1. The summed E-state index contributed by atoms with van der Waals surface area (Å²) in [5.74, 6) is 2.01. The number of ether oxygens (including phenoxy) is 1. The van der Waals surface area contributed by atoms with E-state index < -0.39 is 5.60 Å². The first-order valence-corrected chi connectivity index (χ1v) is 8.99. The summed E-state index contributed by atoms with van der Waals surface area (Å²) in [6.07, 6.45) is 5.87. The van der Waals surface area contributed by atoms with Gasteiger partial charge in [-0.1, -0.05) is 26.7 Å². The van der Waals surface area contributed by atoms with Crippen LogP contribution in [0.5, 0.6) is 0 Å². The van der Waals surface area contributed by atoms with E-state index >= 15 is 0 Å². The minimum absolute atomic E-state index is 0.283. The molecule has 1 fully saturated rings. The molecule has 4 nitrogen and oxygen atoms in total. The van der Waals surface area contributed by atoms with Crippen molar-refractivity contribution in [3.05, 3.63) is 0 Å². The van der Waals surface area contributed by atoms with Gasteiger partial charge in [0.1, 0.15) is 5.60 Å². The SMILES string of the molecule is CCCC(C)CC(CNC(=O)OC(C)(C)C)C1CCNCC1. The van der Waals surface area contributed by atoms with Gasteiger partial charge in [-0.3, -0.25) is 0 Å². The van der Waals surface area contributed by atoms with E-state index in [0.717, 1.165) is 31.5 Å². The highest BCUT2D eigenvalue weighted by Gasteiger charge is 2.26. The van der Waals surface area contributed by atoms with Crippen molar-refractivity contribution in [1.82, 2.24) is 10.6 Å². The zero-order valence-corrected chi connectivity index (χ0v) is 15.2. The van der Waals surface area contributed by atoms with Crippen LogP contribution in [-0.4, -0.2) is 31.3 Å². The van der Waals surface area contributed by atoms with E-state index in [4.69, 9.17) is 4.74 Å². The summed E-state index contributed by atoms with van der Waals surface area (Å²) in [6, 6.07) is 0. The minimum Gasteiger partial charge on any atom is -0.444 e. The molecule has 1 saturated heterocycles. The highest BCUT2D eigenvalue weighted by molar-refractivity contribution is 5.67. The number of amides is 1. The molecular formula is C18H36N2O2. The number of carbonyl (C=O) groups is 1. The molecule has 0 saturated carbocycles. The molecule has 1 aliphatic rings. The summed E-state index contributed by atoms with van der Waals surface area (Å²) in [7, 11) is 0.